The van der Waals surface area contributed by atoms with Crippen molar-refractivity contribution >= 4 is 11.8 Å². The van der Waals surface area contributed by atoms with Gasteiger partial charge in [0.2, 0.25) is 0 Å². The van der Waals surface area contributed by atoms with Crippen LogP contribution in [0.2, 0.25) is 0 Å². The van der Waals surface area contributed by atoms with Crippen molar-refractivity contribution in [1.29, 1.82) is 0 Å². The van der Waals surface area contributed by atoms with Crippen LogP contribution in [0.1, 0.15) is 17.0 Å². The summed E-state index contributed by atoms with van der Waals surface area (Å²) in [4.78, 5) is 1.31. The molecule has 2 nitrogen and oxygen atoms in total. The smallest absolute Gasteiger partial charge is 0.0732 e. The van der Waals surface area contributed by atoms with E-state index in [9.17, 15) is 0 Å². The molecule has 84 valence electrons. The lowest BCUT2D eigenvalue weighted by Crippen LogP contribution is -1.92. The SMILES string of the molecule is Cc1nn(C)c(C)c1SCc1ccccc1. The average Bonchev–Trinajstić information content (AvgIpc) is 2.53. The molecule has 0 amide bonds. The molecule has 3 heteroatoms. The molecule has 0 unspecified atom stereocenters. The highest BCUT2D eigenvalue weighted by Gasteiger charge is 2.09. The zero-order valence-corrected chi connectivity index (χ0v) is 10.7. The van der Waals surface area contributed by atoms with Crippen molar-refractivity contribution in [3.05, 3.63) is 47.3 Å². The van der Waals surface area contributed by atoms with Crippen LogP contribution >= 0.6 is 11.8 Å². The van der Waals surface area contributed by atoms with Crippen molar-refractivity contribution in [2.24, 2.45) is 7.05 Å². The summed E-state index contributed by atoms with van der Waals surface area (Å²) in [5.74, 6) is 1.01. The number of aromatic nitrogens is 2. The summed E-state index contributed by atoms with van der Waals surface area (Å²) in [6, 6.07) is 10.5. The molecule has 0 bridgehead atoms. The molecule has 1 heterocycles. The summed E-state index contributed by atoms with van der Waals surface area (Å²) in [5.41, 5.74) is 3.73. The minimum atomic E-state index is 1.01. The lowest BCUT2D eigenvalue weighted by molar-refractivity contribution is 0.729. The van der Waals surface area contributed by atoms with Crippen LogP contribution in [-0.4, -0.2) is 9.78 Å². The second-order valence-electron chi connectivity index (χ2n) is 3.90. The van der Waals surface area contributed by atoms with Crippen LogP contribution in [0.15, 0.2) is 35.2 Å². The maximum Gasteiger partial charge on any atom is 0.0732 e. The molecule has 0 N–H and O–H groups in total. The number of hydrogen-bond acceptors (Lipinski definition) is 2. The molecule has 1 aromatic carbocycles. The summed E-state index contributed by atoms with van der Waals surface area (Å²) in [5, 5.41) is 4.42. The number of rotatable bonds is 3. The van der Waals surface area contributed by atoms with E-state index < -0.39 is 0 Å². The Balaban J connectivity index is 2.11. The van der Waals surface area contributed by atoms with E-state index in [-0.39, 0.29) is 0 Å². The molecule has 0 radical (unpaired) electrons. The molecule has 0 spiro atoms. The van der Waals surface area contributed by atoms with Crippen LogP contribution in [-0.2, 0) is 12.8 Å². The first kappa shape index (κ1) is 11.3. The van der Waals surface area contributed by atoms with Gasteiger partial charge in [-0.05, 0) is 19.4 Å². The number of aryl methyl sites for hydroxylation is 2. The van der Waals surface area contributed by atoms with Gasteiger partial charge in [-0.25, -0.2) is 0 Å². The van der Waals surface area contributed by atoms with E-state index in [0.717, 1.165) is 11.4 Å². The van der Waals surface area contributed by atoms with Gasteiger partial charge < -0.3 is 0 Å². The predicted molar refractivity (Wildman–Crippen MR) is 68.7 cm³/mol. The van der Waals surface area contributed by atoms with Crippen molar-refractivity contribution < 1.29 is 0 Å². The van der Waals surface area contributed by atoms with Crippen LogP contribution < -0.4 is 0 Å². The van der Waals surface area contributed by atoms with E-state index in [0.29, 0.717) is 0 Å². The third-order valence-electron chi connectivity index (χ3n) is 2.67. The molecule has 1 aromatic heterocycles. The van der Waals surface area contributed by atoms with Gasteiger partial charge in [0, 0.05) is 18.5 Å². The maximum absolute atomic E-state index is 4.42. The second-order valence-corrected chi connectivity index (χ2v) is 4.88. The second kappa shape index (κ2) is 4.74. The van der Waals surface area contributed by atoms with Crippen LogP contribution in [0, 0.1) is 13.8 Å². The number of thioether (sulfide) groups is 1. The molecular formula is C13H16N2S. The summed E-state index contributed by atoms with van der Waals surface area (Å²) < 4.78 is 1.95. The Hall–Kier alpha value is -1.22. The predicted octanol–water partition coefficient (Wildman–Crippen LogP) is 3.33. The van der Waals surface area contributed by atoms with Crippen LogP contribution in [0.4, 0.5) is 0 Å². The Labute approximate surface area is 101 Å². The quantitative estimate of drug-likeness (QED) is 0.755. The van der Waals surface area contributed by atoms with Gasteiger partial charge in [0.05, 0.1) is 10.6 Å². The summed E-state index contributed by atoms with van der Waals surface area (Å²) >= 11 is 1.86. The van der Waals surface area contributed by atoms with E-state index >= 15 is 0 Å². The van der Waals surface area contributed by atoms with Gasteiger partial charge >= 0.3 is 0 Å². The highest BCUT2D eigenvalue weighted by atomic mass is 32.2. The van der Waals surface area contributed by atoms with Crippen molar-refractivity contribution in [3.8, 4) is 0 Å². The first-order valence-electron chi connectivity index (χ1n) is 5.35. The average molecular weight is 232 g/mol. The molecule has 2 aromatic rings. The van der Waals surface area contributed by atoms with Gasteiger partial charge in [0.1, 0.15) is 0 Å². The van der Waals surface area contributed by atoms with E-state index in [1.165, 1.54) is 16.2 Å². The van der Waals surface area contributed by atoms with Crippen molar-refractivity contribution in [3.63, 3.8) is 0 Å². The van der Waals surface area contributed by atoms with Gasteiger partial charge in [0.15, 0.2) is 0 Å². The van der Waals surface area contributed by atoms with Gasteiger partial charge in [0.25, 0.3) is 0 Å². The zero-order valence-electron chi connectivity index (χ0n) is 9.90. The fraction of sp³-hybridized carbons (Fsp3) is 0.308. The highest BCUT2D eigenvalue weighted by Crippen LogP contribution is 2.28. The van der Waals surface area contributed by atoms with E-state index in [4.69, 9.17) is 0 Å². The topological polar surface area (TPSA) is 17.8 Å². The fourth-order valence-corrected chi connectivity index (χ4v) is 2.79. The Kier molecular flexibility index (Phi) is 3.34. The standard InChI is InChI=1S/C13H16N2S/c1-10-13(11(2)15(3)14-10)16-9-12-7-5-4-6-8-12/h4-8H,9H2,1-3H3. The van der Waals surface area contributed by atoms with Gasteiger partial charge in [-0.1, -0.05) is 30.3 Å². The normalized spacial score (nSPS) is 10.7. The molecular weight excluding hydrogens is 216 g/mol. The van der Waals surface area contributed by atoms with Crippen molar-refractivity contribution in [1.82, 2.24) is 9.78 Å². The minimum absolute atomic E-state index is 1.01. The highest BCUT2D eigenvalue weighted by molar-refractivity contribution is 7.98. The van der Waals surface area contributed by atoms with Gasteiger partial charge in [-0.15, -0.1) is 11.8 Å². The van der Waals surface area contributed by atoms with Crippen molar-refractivity contribution in [2.45, 2.75) is 24.5 Å². The maximum atomic E-state index is 4.42. The lowest BCUT2D eigenvalue weighted by Gasteiger charge is -2.02. The fourth-order valence-electron chi connectivity index (χ4n) is 1.69. The third-order valence-corrected chi connectivity index (χ3v) is 4.03. The third kappa shape index (κ3) is 2.30. The van der Waals surface area contributed by atoms with E-state index in [1.54, 1.807) is 0 Å². The first-order chi connectivity index (χ1) is 7.68. The number of nitrogens with zero attached hydrogens (tertiary/aromatic N) is 2. The van der Waals surface area contributed by atoms with E-state index in [2.05, 4.69) is 49.3 Å². The largest absolute Gasteiger partial charge is 0.272 e. The molecule has 0 aliphatic heterocycles. The number of benzene rings is 1. The van der Waals surface area contributed by atoms with Crippen LogP contribution in [0.3, 0.4) is 0 Å². The summed E-state index contributed by atoms with van der Waals surface area (Å²) in [6.07, 6.45) is 0. The first-order valence-corrected chi connectivity index (χ1v) is 6.34. The van der Waals surface area contributed by atoms with Crippen molar-refractivity contribution in [2.75, 3.05) is 0 Å². The monoisotopic (exact) mass is 232 g/mol. The summed E-state index contributed by atoms with van der Waals surface area (Å²) in [7, 11) is 1.99. The van der Waals surface area contributed by atoms with Crippen LogP contribution in [0.5, 0.6) is 0 Å². The Morgan fingerprint density at radius 2 is 1.88 bits per heavy atom. The van der Waals surface area contributed by atoms with E-state index in [1.807, 2.05) is 23.5 Å². The number of hydrogen-bond donors (Lipinski definition) is 0. The zero-order chi connectivity index (χ0) is 11.5. The Morgan fingerprint density at radius 1 is 1.19 bits per heavy atom. The van der Waals surface area contributed by atoms with Gasteiger partial charge in [-0.3, -0.25) is 4.68 Å². The molecule has 0 aliphatic rings. The molecule has 0 atom stereocenters. The Morgan fingerprint density at radius 3 is 2.44 bits per heavy atom. The summed E-state index contributed by atoms with van der Waals surface area (Å²) in [6.45, 7) is 4.19. The Bertz CT molecular complexity index is 474. The minimum Gasteiger partial charge on any atom is -0.272 e. The molecule has 0 fully saturated rings. The molecule has 0 aliphatic carbocycles. The molecule has 2 rings (SSSR count). The molecule has 0 saturated carbocycles. The van der Waals surface area contributed by atoms with Crippen LogP contribution in [0.25, 0.3) is 0 Å². The van der Waals surface area contributed by atoms with Gasteiger partial charge in [-0.2, -0.15) is 5.10 Å². The lowest BCUT2D eigenvalue weighted by atomic mass is 10.2. The molecule has 0 saturated heterocycles. The molecule has 16 heavy (non-hydrogen) atoms.